The molecule has 0 fully saturated rings. The minimum Gasteiger partial charge on any atom is -0.465 e. The van der Waals surface area contributed by atoms with Crippen LogP contribution in [0.4, 0.5) is 0 Å². The van der Waals surface area contributed by atoms with Crippen LogP contribution < -0.4 is 5.32 Å². The summed E-state index contributed by atoms with van der Waals surface area (Å²) in [6, 6.07) is 10.5. The van der Waals surface area contributed by atoms with E-state index in [1.165, 1.54) is 6.26 Å². The highest BCUT2D eigenvalue weighted by atomic mass is 16.3. The first-order chi connectivity index (χ1) is 8.75. The molecule has 1 aliphatic rings. The minimum absolute atomic E-state index is 0.368. The molecule has 0 saturated heterocycles. The standard InChI is InChI=1S/C14H9NO3/c16-13-11-6-2-1-5-10(11)12(14(17)15-13)8-9-4-3-7-18-9/h1-8H,(H,15,16,17). The molecule has 0 aliphatic carbocycles. The lowest BCUT2D eigenvalue weighted by molar-refractivity contribution is -0.114. The molecule has 3 rings (SSSR count). The van der Waals surface area contributed by atoms with Crippen molar-refractivity contribution in [1.82, 2.24) is 5.32 Å². The lowest BCUT2D eigenvalue weighted by Crippen LogP contribution is -2.36. The van der Waals surface area contributed by atoms with Crippen LogP contribution in [-0.4, -0.2) is 11.8 Å². The first-order valence-corrected chi connectivity index (χ1v) is 5.46. The van der Waals surface area contributed by atoms with Gasteiger partial charge in [0.2, 0.25) is 0 Å². The number of furan rings is 1. The molecule has 1 aromatic heterocycles. The smallest absolute Gasteiger partial charge is 0.258 e. The molecular weight excluding hydrogens is 230 g/mol. The lowest BCUT2D eigenvalue weighted by Gasteiger charge is -2.17. The number of amides is 2. The van der Waals surface area contributed by atoms with Crippen molar-refractivity contribution in [3.05, 3.63) is 59.5 Å². The van der Waals surface area contributed by atoms with E-state index in [4.69, 9.17) is 4.42 Å². The number of rotatable bonds is 1. The second-order valence-corrected chi connectivity index (χ2v) is 3.90. The summed E-state index contributed by atoms with van der Waals surface area (Å²) < 4.78 is 5.19. The zero-order valence-electron chi connectivity index (χ0n) is 9.34. The number of benzene rings is 1. The fourth-order valence-corrected chi connectivity index (χ4v) is 1.94. The van der Waals surface area contributed by atoms with Gasteiger partial charge in [0.05, 0.1) is 11.8 Å². The van der Waals surface area contributed by atoms with Crippen LogP contribution in [0.25, 0.3) is 11.6 Å². The molecule has 4 heteroatoms. The summed E-state index contributed by atoms with van der Waals surface area (Å²) in [5.74, 6) is -0.202. The molecule has 2 aromatic rings. The Kier molecular flexibility index (Phi) is 2.34. The third-order valence-corrected chi connectivity index (χ3v) is 2.76. The predicted molar refractivity (Wildman–Crippen MR) is 65.5 cm³/mol. The van der Waals surface area contributed by atoms with Crippen molar-refractivity contribution in [2.45, 2.75) is 0 Å². The van der Waals surface area contributed by atoms with E-state index in [0.717, 1.165) is 0 Å². The molecule has 1 N–H and O–H groups in total. The number of imide groups is 1. The Bertz CT molecular complexity index is 653. The van der Waals surface area contributed by atoms with Crippen molar-refractivity contribution >= 4 is 23.5 Å². The van der Waals surface area contributed by atoms with Gasteiger partial charge >= 0.3 is 0 Å². The van der Waals surface area contributed by atoms with E-state index in [2.05, 4.69) is 5.32 Å². The molecule has 1 aliphatic heterocycles. The average Bonchev–Trinajstić information content (AvgIpc) is 2.87. The van der Waals surface area contributed by atoms with Crippen LogP contribution in [0.1, 0.15) is 21.7 Å². The molecule has 0 saturated carbocycles. The number of nitrogens with one attached hydrogen (secondary N) is 1. The molecule has 2 heterocycles. The zero-order chi connectivity index (χ0) is 12.5. The van der Waals surface area contributed by atoms with Gasteiger partial charge in [0.25, 0.3) is 11.8 Å². The first-order valence-electron chi connectivity index (χ1n) is 5.46. The van der Waals surface area contributed by atoms with Crippen molar-refractivity contribution in [3.8, 4) is 0 Å². The van der Waals surface area contributed by atoms with Gasteiger partial charge in [-0.2, -0.15) is 0 Å². The van der Waals surface area contributed by atoms with Gasteiger partial charge in [-0.15, -0.1) is 0 Å². The molecule has 1 aromatic carbocycles. The number of fused-ring (bicyclic) bond motifs is 1. The molecule has 88 valence electrons. The Morgan fingerprint density at radius 2 is 1.72 bits per heavy atom. The molecule has 0 atom stereocenters. The Labute approximate surface area is 103 Å². The van der Waals surface area contributed by atoms with Gasteiger partial charge < -0.3 is 4.42 Å². The van der Waals surface area contributed by atoms with E-state index in [9.17, 15) is 9.59 Å². The van der Waals surface area contributed by atoms with E-state index < -0.39 is 5.91 Å². The van der Waals surface area contributed by atoms with E-state index in [-0.39, 0.29) is 5.91 Å². The SMILES string of the molecule is O=C1NC(=O)c2ccccc2C1=Cc1ccco1. The predicted octanol–water partition coefficient (Wildman–Crippen LogP) is 2.09. The monoisotopic (exact) mass is 239 g/mol. The van der Waals surface area contributed by atoms with Crippen LogP contribution in [0.3, 0.4) is 0 Å². The zero-order valence-corrected chi connectivity index (χ0v) is 9.34. The van der Waals surface area contributed by atoms with Crippen molar-refractivity contribution in [2.75, 3.05) is 0 Å². The molecule has 18 heavy (non-hydrogen) atoms. The first kappa shape index (κ1) is 10.5. The van der Waals surface area contributed by atoms with Gasteiger partial charge in [-0.05, 0) is 24.3 Å². The highest BCUT2D eigenvalue weighted by Gasteiger charge is 2.26. The van der Waals surface area contributed by atoms with Crippen LogP contribution in [-0.2, 0) is 4.79 Å². The molecule has 0 radical (unpaired) electrons. The van der Waals surface area contributed by atoms with Crippen LogP contribution in [0.15, 0.2) is 47.1 Å². The largest absolute Gasteiger partial charge is 0.465 e. The number of hydrogen-bond donors (Lipinski definition) is 1. The van der Waals surface area contributed by atoms with E-state index >= 15 is 0 Å². The normalized spacial score (nSPS) is 16.6. The minimum atomic E-state index is -0.407. The maximum atomic E-state index is 11.9. The Morgan fingerprint density at radius 3 is 2.44 bits per heavy atom. The van der Waals surface area contributed by atoms with Gasteiger partial charge in [0, 0.05) is 11.1 Å². The Morgan fingerprint density at radius 1 is 0.944 bits per heavy atom. The van der Waals surface area contributed by atoms with Crippen molar-refractivity contribution in [2.24, 2.45) is 0 Å². The van der Waals surface area contributed by atoms with E-state index in [1.54, 1.807) is 42.5 Å². The molecule has 0 bridgehead atoms. The summed E-state index contributed by atoms with van der Waals surface area (Å²) >= 11 is 0. The van der Waals surface area contributed by atoms with Gasteiger partial charge in [-0.25, -0.2) is 0 Å². The topological polar surface area (TPSA) is 59.3 Å². The summed E-state index contributed by atoms with van der Waals surface area (Å²) in [6.07, 6.45) is 3.16. The molecule has 0 spiro atoms. The van der Waals surface area contributed by atoms with Crippen molar-refractivity contribution < 1.29 is 14.0 Å². The fourth-order valence-electron chi connectivity index (χ4n) is 1.94. The van der Waals surface area contributed by atoms with Crippen LogP contribution in [0.5, 0.6) is 0 Å². The van der Waals surface area contributed by atoms with Crippen LogP contribution >= 0.6 is 0 Å². The summed E-state index contributed by atoms with van der Waals surface area (Å²) in [4.78, 5) is 23.5. The molecular formula is C14H9NO3. The quantitative estimate of drug-likeness (QED) is 0.612. The maximum Gasteiger partial charge on any atom is 0.258 e. The molecule has 4 nitrogen and oxygen atoms in total. The van der Waals surface area contributed by atoms with Gasteiger partial charge in [0.1, 0.15) is 5.76 Å². The molecule has 2 amide bonds. The Hall–Kier alpha value is -2.62. The highest BCUT2D eigenvalue weighted by Crippen LogP contribution is 2.25. The second kappa shape index (κ2) is 4.00. The number of carbonyl (C=O) groups is 2. The molecule has 0 unspecified atom stereocenters. The fraction of sp³-hybridized carbons (Fsp3) is 0. The lowest BCUT2D eigenvalue weighted by atomic mass is 9.94. The van der Waals surface area contributed by atoms with Gasteiger partial charge in [0.15, 0.2) is 0 Å². The van der Waals surface area contributed by atoms with Gasteiger partial charge in [-0.3, -0.25) is 14.9 Å². The van der Waals surface area contributed by atoms with Crippen molar-refractivity contribution in [1.29, 1.82) is 0 Å². The third kappa shape index (κ3) is 1.64. The van der Waals surface area contributed by atoms with Crippen molar-refractivity contribution in [3.63, 3.8) is 0 Å². The highest BCUT2D eigenvalue weighted by molar-refractivity contribution is 6.33. The van der Waals surface area contributed by atoms with E-state index in [1.807, 2.05) is 0 Å². The number of hydrogen-bond acceptors (Lipinski definition) is 3. The second-order valence-electron chi connectivity index (χ2n) is 3.90. The maximum absolute atomic E-state index is 11.9. The summed E-state index contributed by atoms with van der Waals surface area (Å²) in [6.45, 7) is 0. The summed E-state index contributed by atoms with van der Waals surface area (Å²) in [5.41, 5.74) is 1.55. The van der Waals surface area contributed by atoms with Gasteiger partial charge in [-0.1, -0.05) is 18.2 Å². The van der Waals surface area contributed by atoms with E-state index in [0.29, 0.717) is 22.5 Å². The Balaban J connectivity index is 2.18. The third-order valence-electron chi connectivity index (χ3n) is 2.76. The number of carbonyl (C=O) groups excluding carboxylic acids is 2. The summed E-state index contributed by atoms with van der Waals surface area (Å²) in [5, 5.41) is 2.31. The van der Waals surface area contributed by atoms with Crippen LogP contribution in [0, 0.1) is 0 Å². The average molecular weight is 239 g/mol. The van der Waals surface area contributed by atoms with Crippen LogP contribution in [0.2, 0.25) is 0 Å². The summed E-state index contributed by atoms with van der Waals surface area (Å²) in [7, 11) is 0.